The molecule has 0 amide bonds. The van der Waals surface area contributed by atoms with E-state index in [2.05, 4.69) is 4.74 Å². The van der Waals surface area contributed by atoms with E-state index in [9.17, 15) is 18.3 Å². The fraction of sp³-hybridized carbons (Fsp3) is 0.400. The Balaban J connectivity index is 2.31. The molecule has 0 spiro atoms. The third-order valence-electron chi connectivity index (χ3n) is 2.34. The van der Waals surface area contributed by atoms with Crippen molar-refractivity contribution in [2.75, 3.05) is 0 Å². The number of rotatable bonds is 2. The van der Waals surface area contributed by atoms with Crippen LogP contribution in [0.25, 0.3) is 0 Å². The van der Waals surface area contributed by atoms with Gasteiger partial charge >= 0.3 is 6.36 Å². The predicted molar refractivity (Wildman–Crippen MR) is 46.3 cm³/mol. The summed E-state index contributed by atoms with van der Waals surface area (Å²) < 4.78 is 39.9. The zero-order chi connectivity index (χ0) is 11.1. The maximum atomic E-state index is 12.0. The zero-order valence-electron chi connectivity index (χ0n) is 7.71. The second-order valence-corrected chi connectivity index (χ2v) is 3.58. The van der Waals surface area contributed by atoms with Gasteiger partial charge in [0.25, 0.3) is 0 Å². The maximum Gasteiger partial charge on any atom is 0.573 e. The van der Waals surface area contributed by atoms with Gasteiger partial charge in [-0.3, -0.25) is 0 Å². The molecule has 0 unspecified atom stereocenters. The number of alkyl halides is 3. The van der Waals surface area contributed by atoms with Crippen molar-refractivity contribution in [3.63, 3.8) is 0 Å². The molecule has 0 aliphatic heterocycles. The maximum absolute atomic E-state index is 12.0. The summed E-state index contributed by atoms with van der Waals surface area (Å²) in [6, 6.07) is 5.68. The average Bonchev–Trinajstić information content (AvgIpc) is 2.83. The van der Waals surface area contributed by atoms with Gasteiger partial charge in [-0.15, -0.1) is 13.2 Å². The quantitative estimate of drug-likeness (QED) is 0.826. The van der Waals surface area contributed by atoms with Crippen molar-refractivity contribution in [2.24, 2.45) is 0 Å². The third kappa shape index (κ3) is 2.23. The molecule has 1 fully saturated rings. The molecule has 0 radical (unpaired) electrons. The molecule has 1 N–H and O–H groups in total. The molecule has 15 heavy (non-hydrogen) atoms. The Morgan fingerprint density at radius 1 is 1.20 bits per heavy atom. The van der Waals surface area contributed by atoms with Gasteiger partial charge < -0.3 is 9.84 Å². The summed E-state index contributed by atoms with van der Waals surface area (Å²) >= 11 is 0. The van der Waals surface area contributed by atoms with Crippen molar-refractivity contribution < 1.29 is 23.0 Å². The van der Waals surface area contributed by atoms with Crippen LogP contribution in [-0.4, -0.2) is 11.5 Å². The molecule has 1 aromatic rings. The van der Waals surface area contributed by atoms with Gasteiger partial charge in [-0.05, 0) is 18.9 Å². The molecular weight excluding hydrogens is 209 g/mol. The van der Waals surface area contributed by atoms with E-state index in [0.29, 0.717) is 12.8 Å². The summed E-state index contributed by atoms with van der Waals surface area (Å²) in [5.41, 5.74) is -0.913. The first-order chi connectivity index (χ1) is 6.91. The van der Waals surface area contributed by atoms with Gasteiger partial charge in [0.1, 0.15) is 5.75 Å². The van der Waals surface area contributed by atoms with E-state index in [1.807, 2.05) is 0 Å². The van der Waals surface area contributed by atoms with Crippen LogP contribution in [0.15, 0.2) is 24.3 Å². The van der Waals surface area contributed by atoms with Crippen LogP contribution in [0.5, 0.6) is 5.75 Å². The smallest absolute Gasteiger partial charge is 0.405 e. The van der Waals surface area contributed by atoms with E-state index < -0.39 is 12.0 Å². The third-order valence-corrected chi connectivity index (χ3v) is 2.34. The van der Waals surface area contributed by atoms with E-state index in [4.69, 9.17) is 0 Å². The molecule has 0 heterocycles. The molecule has 1 saturated carbocycles. The van der Waals surface area contributed by atoms with Gasteiger partial charge in [0.05, 0.1) is 5.60 Å². The molecule has 2 nitrogen and oxygen atoms in total. The van der Waals surface area contributed by atoms with Gasteiger partial charge in [-0.25, -0.2) is 0 Å². The minimum Gasteiger partial charge on any atom is -0.405 e. The van der Waals surface area contributed by atoms with E-state index in [0.717, 1.165) is 0 Å². The molecule has 0 saturated heterocycles. The highest BCUT2D eigenvalue weighted by atomic mass is 19.4. The van der Waals surface area contributed by atoms with Gasteiger partial charge in [-0.1, -0.05) is 18.2 Å². The minimum absolute atomic E-state index is 0.210. The molecule has 0 aromatic heterocycles. The summed E-state index contributed by atoms with van der Waals surface area (Å²) in [7, 11) is 0. The molecular formula is C10H9F3O2. The zero-order valence-corrected chi connectivity index (χ0v) is 7.71. The minimum atomic E-state index is -4.72. The number of ether oxygens (including phenoxy) is 1. The molecule has 0 atom stereocenters. The summed E-state index contributed by atoms with van der Waals surface area (Å²) in [5.74, 6) is -0.315. The van der Waals surface area contributed by atoms with Crippen molar-refractivity contribution in [3.8, 4) is 5.75 Å². The predicted octanol–water partition coefficient (Wildman–Crippen LogP) is 2.57. The van der Waals surface area contributed by atoms with Crippen LogP contribution in [0.1, 0.15) is 18.4 Å². The van der Waals surface area contributed by atoms with Crippen molar-refractivity contribution in [2.45, 2.75) is 24.8 Å². The summed E-state index contributed by atoms with van der Waals surface area (Å²) in [4.78, 5) is 0. The average molecular weight is 218 g/mol. The van der Waals surface area contributed by atoms with E-state index in [1.165, 1.54) is 18.2 Å². The van der Waals surface area contributed by atoms with Crippen LogP contribution in [0.4, 0.5) is 13.2 Å². The Morgan fingerprint density at radius 3 is 2.33 bits per heavy atom. The van der Waals surface area contributed by atoms with Crippen molar-refractivity contribution in [3.05, 3.63) is 29.8 Å². The Morgan fingerprint density at radius 2 is 1.80 bits per heavy atom. The number of para-hydroxylation sites is 1. The standard InChI is InChI=1S/C10H9F3O2/c11-10(12,13)15-8-4-2-1-3-7(8)9(14)5-6-9/h1-4,14H,5-6H2. The van der Waals surface area contributed by atoms with Crippen molar-refractivity contribution >= 4 is 0 Å². The van der Waals surface area contributed by atoms with Gasteiger partial charge in [-0.2, -0.15) is 0 Å². The topological polar surface area (TPSA) is 29.5 Å². The first-order valence-electron chi connectivity index (χ1n) is 4.48. The highest BCUT2D eigenvalue weighted by molar-refractivity contribution is 5.40. The molecule has 5 heteroatoms. The fourth-order valence-electron chi connectivity index (χ4n) is 1.45. The molecule has 1 aromatic carbocycles. The number of hydrogen-bond acceptors (Lipinski definition) is 2. The molecule has 1 aliphatic rings. The second kappa shape index (κ2) is 3.13. The SMILES string of the molecule is OC1(c2ccccc2OC(F)(F)F)CC1. The summed E-state index contributed by atoms with van der Waals surface area (Å²) in [6.07, 6.45) is -3.77. The fourth-order valence-corrected chi connectivity index (χ4v) is 1.45. The molecule has 82 valence electrons. The first-order valence-corrected chi connectivity index (χ1v) is 4.48. The number of aliphatic hydroxyl groups is 1. The van der Waals surface area contributed by atoms with Gasteiger partial charge in [0.15, 0.2) is 0 Å². The van der Waals surface area contributed by atoms with Crippen molar-refractivity contribution in [1.29, 1.82) is 0 Å². The lowest BCUT2D eigenvalue weighted by Crippen LogP contribution is -2.19. The van der Waals surface area contributed by atoms with Crippen LogP contribution < -0.4 is 4.74 Å². The van der Waals surface area contributed by atoms with Crippen LogP contribution in [0.2, 0.25) is 0 Å². The van der Waals surface area contributed by atoms with Gasteiger partial charge in [0, 0.05) is 5.56 Å². The van der Waals surface area contributed by atoms with E-state index in [-0.39, 0.29) is 11.3 Å². The Labute approximate surface area is 84.3 Å². The van der Waals surface area contributed by atoms with E-state index in [1.54, 1.807) is 6.07 Å². The van der Waals surface area contributed by atoms with Gasteiger partial charge in [0.2, 0.25) is 0 Å². The van der Waals surface area contributed by atoms with Crippen LogP contribution in [0.3, 0.4) is 0 Å². The van der Waals surface area contributed by atoms with Crippen LogP contribution in [0, 0.1) is 0 Å². The monoisotopic (exact) mass is 218 g/mol. The Kier molecular flexibility index (Phi) is 2.15. The summed E-state index contributed by atoms with van der Waals surface area (Å²) in [6.45, 7) is 0. The molecule has 1 aliphatic carbocycles. The Hall–Kier alpha value is -1.23. The lowest BCUT2D eigenvalue weighted by Gasteiger charge is -2.15. The highest BCUT2D eigenvalue weighted by Crippen LogP contribution is 2.49. The molecule has 2 rings (SSSR count). The summed E-state index contributed by atoms with van der Waals surface area (Å²) in [5, 5.41) is 9.73. The van der Waals surface area contributed by atoms with Crippen molar-refractivity contribution in [1.82, 2.24) is 0 Å². The number of hydrogen-bond donors (Lipinski definition) is 1. The second-order valence-electron chi connectivity index (χ2n) is 3.58. The van der Waals surface area contributed by atoms with E-state index >= 15 is 0 Å². The first kappa shape index (κ1) is 10.3. The lowest BCUT2D eigenvalue weighted by atomic mass is 10.1. The lowest BCUT2D eigenvalue weighted by molar-refractivity contribution is -0.275. The normalized spacial score (nSPS) is 18.7. The number of halogens is 3. The van der Waals surface area contributed by atoms with Crippen LogP contribution >= 0.6 is 0 Å². The number of benzene rings is 1. The molecule has 0 bridgehead atoms. The largest absolute Gasteiger partial charge is 0.573 e. The van der Waals surface area contributed by atoms with Crippen LogP contribution in [-0.2, 0) is 5.60 Å². The Bertz CT molecular complexity index is 369. The highest BCUT2D eigenvalue weighted by Gasteiger charge is 2.45.